The molecule has 44 heavy (non-hydrogen) atoms. The van der Waals surface area contributed by atoms with Crippen LogP contribution in [0.2, 0.25) is 0 Å². The first-order chi connectivity index (χ1) is 21.3. The zero-order valence-corrected chi connectivity index (χ0v) is 25.4. The van der Waals surface area contributed by atoms with E-state index in [1.807, 2.05) is 98.8 Å². The molecule has 1 atom stereocenters. The van der Waals surface area contributed by atoms with E-state index < -0.39 is 16.2 Å². The van der Waals surface area contributed by atoms with Gasteiger partial charge in [0, 0.05) is 17.9 Å². The smallest absolute Gasteiger partial charge is 0.262 e. The molecule has 0 saturated carbocycles. The molecule has 1 aliphatic rings. The van der Waals surface area contributed by atoms with Crippen molar-refractivity contribution < 1.29 is 17.9 Å². The Labute approximate surface area is 258 Å². The zero-order chi connectivity index (χ0) is 30.7. The lowest BCUT2D eigenvalue weighted by Gasteiger charge is -2.46. The van der Waals surface area contributed by atoms with Crippen molar-refractivity contribution in [1.82, 2.24) is 0 Å². The summed E-state index contributed by atoms with van der Waals surface area (Å²) in [6.07, 6.45) is -0.469. The molecule has 5 aromatic carbocycles. The summed E-state index contributed by atoms with van der Waals surface area (Å²) in [7, 11) is -4.01. The van der Waals surface area contributed by atoms with Crippen LogP contribution in [0.15, 0.2) is 132 Å². The second-order valence-corrected chi connectivity index (χ2v) is 12.3. The van der Waals surface area contributed by atoms with Crippen LogP contribution in [0.25, 0.3) is 0 Å². The van der Waals surface area contributed by atoms with Gasteiger partial charge in [0.1, 0.15) is 11.9 Å². The number of hydrogen-bond acceptors (Lipinski definition) is 5. The standard InChI is InChI=1S/C36H33N3O4S/c1-3-43-31-20-16-29(17-21-31)37-44(41,42)32-22-23-34-33(24-32)36(40)39(30-18-14-26(2)15-19-30)35(28-12-8-5-9-13-28)38(34)25-27-10-6-4-7-11-27/h4-24,35,37H,3,25H2,1-2H3/t35-/m0/s1. The maximum atomic E-state index is 14.5. The van der Waals surface area contributed by atoms with Crippen LogP contribution in [0.4, 0.5) is 17.1 Å². The lowest BCUT2D eigenvalue weighted by atomic mass is 9.99. The van der Waals surface area contributed by atoms with Crippen molar-refractivity contribution in [3.8, 4) is 5.75 Å². The van der Waals surface area contributed by atoms with Gasteiger partial charge in [-0.2, -0.15) is 0 Å². The predicted octanol–water partition coefficient (Wildman–Crippen LogP) is 7.56. The maximum Gasteiger partial charge on any atom is 0.262 e. The number of carbonyl (C=O) groups is 1. The fraction of sp³-hybridized carbons (Fsp3) is 0.139. The van der Waals surface area contributed by atoms with Crippen molar-refractivity contribution >= 4 is 33.0 Å². The Balaban J connectivity index is 1.47. The van der Waals surface area contributed by atoms with Gasteiger partial charge >= 0.3 is 0 Å². The molecule has 0 unspecified atom stereocenters. The van der Waals surface area contributed by atoms with Crippen LogP contribution in [0.5, 0.6) is 5.75 Å². The van der Waals surface area contributed by atoms with Crippen molar-refractivity contribution in [2.75, 3.05) is 21.1 Å². The van der Waals surface area contributed by atoms with Crippen molar-refractivity contribution in [2.45, 2.75) is 31.5 Å². The largest absolute Gasteiger partial charge is 0.494 e. The van der Waals surface area contributed by atoms with Crippen molar-refractivity contribution in [1.29, 1.82) is 0 Å². The topological polar surface area (TPSA) is 78.9 Å². The van der Waals surface area contributed by atoms with Gasteiger partial charge in [0.05, 0.1) is 22.8 Å². The van der Waals surface area contributed by atoms with Gasteiger partial charge < -0.3 is 9.64 Å². The highest BCUT2D eigenvalue weighted by Crippen LogP contribution is 2.43. The minimum Gasteiger partial charge on any atom is -0.494 e. The number of hydrogen-bond donors (Lipinski definition) is 1. The van der Waals surface area contributed by atoms with E-state index in [1.165, 1.54) is 6.07 Å². The predicted molar refractivity (Wildman–Crippen MR) is 175 cm³/mol. The molecule has 6 rings (SSSR count). The van der Waals surface area contributed by atoms with Crippen molar-refractivity contribution in [2.24, 2.45) is 0 Å². The van der Waals surface area contributed by atoms with Crippen LogP contribution in [0.1, 0.15) is 40.1 Å². The van der Waals surface area contributed by atoms with Gasteiger partial charge in [-0.05, 0) is 79.6 Å². The average Bonchev–Trinajstić information content (AvgIpc) is 3.04. The Bertz CT molecular complexity index is 1860. The van der Waals surface area contributed by atoms with E-state index in [9.17, 15) is 13.2 Å². The molecule has 7 nitrogen and oxygen atoms in total. The fourth-order valence-corrected chi connectivity index (χ4v) is 6.57. The maximum absolute atomic E-state index is 14.5. The Hall–Kier alpha value is -5.08. The third-order valence-electron chi connectivity index (χ3n) is 7.60. The molecule has 0 spiro atoms. The number of sulfonamides is 1. The van der Waals surface area contributed by atoms with Gasteiger partial charge in [-0.25, -0.2) is 8.42 Å². The quantitative estimate of drug-likeness (QED) is 0.188. The SMILES string of the molecule is CCOc1ccc(NS(=O)(=O)c2ccc3c(c2)C(=O)N(c2ccc(C)cc2)[C@@H](c2ccccc2)N3Cc2ccccc2)cc1. The van der Waals surface area contributed by atoms with E-state index in [1.54, 1.807) is 41.3 Å². The molecule has 1 N–H and O–H groups in total. The number of benzene rings is 5. The van der Waals surface area contributed by atoms with E-state index in [4.69, 9.17) is 4.74 Å². The second kappa shape index (κ2) is 12.3. The van der Waals surface area contributed by atoms with Crippen LogP contribution in [0.3, 0.4) is 0 Å². The van der Waals surface area contributed by atoms with E-state index in [0.717, 1.165) is 22.4 Å². The third kappa shape index (κ3) is 5.89. The van der Waals surface area contributed by atoms with Crippen LogP contribution < -0.4 is 19.3 Å². The van der Waals surface area contributed by atoms with Crippen LogP contribution in [-0.2, 0) is 16.6 Å². The molecular formula is C36H33N3O4S. The Morgan fingerprint density at radius 1 is 0.795 bits per heavy atom. The summed E-state index contributed by atoms with van der Waals surface area (Å²) in [4.78, 5) is 18.4. The molecule has 1 aliphatic heterocycles. The molecule has 5 aromatic rings. The lowest BCUT2D eigenvalue weighted by Crippen LogP contribution is -2.49. The fourth-order valence-electron chi connectivity index (χ4n) is 5.49. The zero-order valence-electron chi connectivity index (χ0n) is 24.6. The number of carbonyl (C=O) groups excluding carboxylic acids is 1. The van der Waals surface area contributed by atoms with E-state index >= 15 is 0 Å². The van der Waals surface area contributed by atoms with Gasteiger partial charge in [-0.1, -0.05) is 78.4 Å². The Morgan fingerprint density at radius 3 is 2.11 bits per heavy atom. The van der Waals surface area contributed by atoms with Gasteiger partial charge in [0.25, 0.3) is 15.9 Å². The molecule has 1 amide bonds. The third-order valence-corrected chi connectivity index (χ3v) is 8.98. The van der Waals surface area contributed by atoms with Crippen LogP contribution in [-0.4, -0.2) is 20.9 Å². The van der Waals surface area contributed by atoms with Crippen LogP contribution >= 0.6 is 0 Å². The summed E-state index contributed by atoms with van der Waals surface area (Å²) in [6, 6.07) is 39.3. The molecule has 0 saturated heterocycles. The van der Waals surface area contributed by atoms with E-state index in [-0.39, 0.29) is 10.8 Å². The number of fused-ring (bicyclic) bond motifs is 1. The first-order valence-corrected chi connectivity index (χ1v) is 16.0. The minimum atomic E-state index is -4.01. The van der Waals surface area contributed by atoms with E-state index in [0.29, 0.717) is 35.8 Å². The molecule has 0 aromatic heterocycles. The lowest BCUT2D eigenvalue weighted by molar-refractivity contribution is 0.0968. The van der Waals surface area contributed by atoms with Crippen molar-refractivity contribution in [3.05, 3.63) is 150 Å². The molecule has 0 radical (unpaired) electrons. The number of aryl methyl sites for hydroxylation is 1. The number of nitrogens with zero attached hydrogens (tertiary/aromatic N) is 2. The summed E-state index contributed by atoms with van der Waals surface area (Å²) in [5.74, 6) is 0.373. The molecular weight excluding hydrogens is 570 g/mol. The van der Waals surface area contributed by atoms with E-state index in [2.05, 4.69) is 9.62 Å². The number of nitrogens with one attached hydrogen (secondary N) is 1. The number of rotatable bonds is 9. The number of amides is 1. The normalized spacial score (nSPS) is 14.7. The first-order valence-electron chi connectivity index (χ1n) is 14.5. The Kier molecular flexibility index (Phi) is 8.09. The molecule has 0 fully saturated rings. The summed E-state index contributed by atoms with van der Waals surface area (Å²) in [6.45, 7) is 4.90. The molecule has 222 valence electrons. The number of ether oxygens (including phenoxy) is 1. The second-order valence-electron chi connectivity index (χ2n) is 10.7. The highest BCUT2D eigenvalue weighted by Gasteiger charge is 2.40. The summed E-state index contributed by atoms with van der Waals surface area (Å²) in [5, 5.41) is 0. The van der Waals surface area contributed by atoms with Crippen LogP contribution in [0, 0.1) is 6.92 Å². The first kappa shape index (κ1) is 29.0. The van der Waals surface area contributed by atoms with Crippen molar-refractivity contribution in [3.63, 3.8) is 0 Å². The monoisotopic (exact) mass is 603 g/mol. The number of anilines is 3. The minimum absolute atomic E-state index is 0.000151. The van der Waals surface area contributed by atoms with Gasteiger partial charge in [0.15, 0.2) is 0 Å². The van der Waals surface area contributed by atoms with Gasteiger partial charge in [-0.3, -0.25) is 14.4 Å². The molecule has 0 aliphatic carbocycles. The Morgan fingerprint density at radius 2 is 1.45 bits per heavy atom. The highest BCUT2D eigenvalue weighted by atomic mass is 32.2. The molecule has 1 heterocycles. The van der Waals surface area contributed by atoms with Gasteiger partial charge in [0.2, 0.25) is 0 Å². The summed E-state index contributed by atoms with van der Waals surface area (Å²) in [5.41, 5.74) is 5.17. The average molecular weight is 604 g/mol. The van der Waals surface area contributed by atoms with Gasteiger partial charge in [-0.15, -0.1) is 0 Å². The summed E-state index contributed by atoms with van der Waals surface area (Å²) < 4.78 is 35.3. The molecule has 0 bridgehead atoms. The highest BCUT2D eigenvalue weighted by molar-refractivity contribution is 7.92. The summed E-state index contributed by atoms with van der Waals surface area (Å²) >= 11 is 0. The molecule has 8 heteroatoms.